The highest BCUT2D eigenvalue weighted by Crippen LogP contribution is 2.42. The van der Waals surface area contributed by atoms with Crippen LogP contribution < -0.4 is 10.3 Å². The van der Waals surface area contributed by atoms with Crippen LogP contribution in [0.3, 0.4) is 0 Å². The largest absolute Gasteiger partial charge is 0.493 e. The Hall–Kier alpha value is -3.20. The van der Waals surface area contributed by atoms with Gasteiger partial charge >= 0.3 is 6.18 Å². The second-order valence-electron chi connectivity index (χ2n) is 7.41. The fourth-order valence-corrected chi connectivity index (χ4v) is 3.61. The van der Waals surface area contributed by atoms with E-state index in [0.717, 1.165) is 6.07 Å². The SMILES string of the molecule is CCC(CC(O)(/C=N/c1cccc2[nH]c(=O)ccc12)C(F)(F)F)c1cccc(F)c1OC. The van der Waals surface area contributed by atoms with Gasteiger partial charge in [-0.2, -0.15) is 13.2 Å². The van der Waals surface area contributed by atoms with E-state index in [1.165, 1.54) is 43.5 Å². The zero-order chi connectivity index (χ0) is 23.5. The predicted molar refractivity (Wildman–Crippen MR) is 114 cm³/mol. The summed E-state index contributed by atoms with van der Waals surface area (Å²) in [6, 6.07) is 11.3. The smallest absolute Gasteiger partial charge is 0.422 e. The zero-order valence-corrected chi connectivity index (χ0v) is 17.4. The molecule has 32 heavy (non-hydrogen) atoms. The summed E-state index contributed by atoms with van der Waals surface area (Å²) in [6.45, 7) is 1.64. The third-order valence-electron chi connectivity index (χ3n) is 5.34. The summed E-state index contributed by atoms with van der Waals surface area (Å²) in [6.07, 6.45) is -5.16. The van der Waals surface area contributed by atoms with Crippen LogP contribution in [-0.4, -0.2) is 35.2 Å². The molecule has 2 atom stereocenters. The van der Waals surface area contributed by atoms with Gasteiger partial charge in [-0.15, -0.1) is 0 Å². The summed E-state index contributed by atoms with van der Waals surface area (Å²) in [4.78, 5) is 18.0. The van der Waals surface area contributed by atoms with Crippen LogP contribution in [0, 0.1) is 5.82 Å². The lowest BCUT2D eigenvalue weighted by Gasteiger charge is -2.31. The molecule has 0 bridgehead atoms. The first-order valence-corrected chi connectivity index (χ1v) is 9.88. The third kappa shape index (κ3) is 4.67. The summed E-state index contributed by atoms with van der Waals surface area (Å²) in [5.41, 5.74) is -2.86. The predicted octanol–water partition coefficient (Wildman–Crippen LogP) is 5.26. The van der Waals surface area contributed by atoms with E-state index in [4.69, 9.17) is 4.74 Å². The Bertz CT molecular complexity index is 1190. The minimum absolute atomic E-state index is 0.151. The van der Waals surface area contributed by atoms with Crippen LogP contribution in [0.4, 0.5) is 23.2 Å². The minimum atomic E-state index is -5.04. The van der Waals surface area contributed by atoms with E-state index in [2.05, 4.69) is 9.98 Å². The number of alkyl halides is 3. The zero-order valence-electron chi connectivity index (χ0n) is 17.4. The number of hydrogen-bond acceptors (Lipinski definition) is 4. The van der Waals surface area contributed by atoms with E-state index in [9.17, 15) is 27.5 Å². The van der Waals surface area contributed by atoms with Crippen molar-refractivity contribution in [3.8, 4) is 5.75 Å². The highest BCUT2D eigenvalue weighted by molar-refractivity contribution is 5.91. The Morgan fingerprint density at radius 1 is 1.16 bits per heavy atom. The highest BCUT2D eigenvalue weighted by Gasteiger charge is 2.53. The van der Waals surface area contributed by atoms with E-state index in [1.54, 1.807) is 13.0 Å². The van der Waals surface area contributed by atoms with Crippen molar-refractivity contribution in [3.05, 3.63) is 70.3 Å². The minimum Gasteiger partial charge on any atom is -0.493 e. The molecule has 0 aliphatic carbocycles. The first kappa shape index (κ1) is 23.5. The number of pyridine rings is 1. The van der Waals surface area contributed by atoms with Gasteiger partial charge in [-0.1, -0.05) is 25.1 Å². The number of nitrogens with one attached hydrogen (secondary N) is 1. The Balaban J connectivity index is 2.02. The summed E-state index contributed by atoms with van der Waals surface area (Å²) in [7, 11) is 1.23. The molecule has 3 rings (SSSR count). The molecule has 0 radical (unpaired) electrons. The van der Waals surface area contributed by atoms with Gasteiger partial charge in [0, 0.05) is 23.2 Å². The molecule has 0 spiro atoms. The molecule has 2 aromatic carbocycles. The molecule has 9 heteroatoms. The van der Waals surface area contributed by atoms with E-state index >= 15 is 0 Å². The molecular formula is C23H22F4N2O3. The van der Waals surface area contributed by atoms with Crippen LogP contribution in [0.25, 0.3) is 10.9 Å². The van der Waals surface area contributed by atoms with Crippen LogP contribution in [0.1, 0.15) is 31.2 Å². The number of aliphatic hydroxyl groups is 1. The molecule has 5 nitrogen and oxygen atoms in total. The van der Waals surface area contributed by atoms with Crippen LogP contribution in [0.2, 0.25) is 0 Å². The van der Waals surface area contributed by atoms with Crippen molar-refractivity contribution < 1.29 is 27.4 Å². The van der Waals surface area contributed by atoms with Crippen molar-refractivity contribution in [1.29, 1.82) is 0 Å². The fourth-order valence-electron chi connectivity index (χ4n) is 3.61. The summed E-state index contributed by atoms with van der Waals surface area (Å²) in [5, 5.41) is 11.1. The van der Waals surface area contributed by atoms with Crippen molar-refractivity contribution in [2.45, 2.75) is 37.5 Å². The second kappa shape index (κ2) is 9.12. The Labute approximate surface area is 181 Å². The number of benzene rings is 2. The Kier molecular flexibility index (Phi) is 6.68. The van der Waals surface area contributed by atoms with Crippen molar-refractivity contribution >= 4 is 22.8 Å². The average Bonchev–Trinajstić information content (AvgIpc) is 2.74. The molecule has 2 unspecified atom stereocenters. The van der Waals surface area contributed by atoms with Gasteiger partial charge in [0.25, 0.3) is 0 Å². The Morgan fingerprint density at radius 3 is 2.53 bits per heavy atom. The molecule has 0 saturated heterocycles. The standard InChI is InChI=1S/C23H22F4N2O3/c1-3-14(15-6-4-7-17(24)21(15)32-2)12-22(31,23(25,26)27)13-28-18-8-5-9-19-16(18)10-11-20(30)29-19/h4-11,13-14,31H,3,12H2,1-2H3,(H,29,30)/b28-13+. The molecule has 0 aliphatic heterocycles. The van der Waals surface area contributed by atoms with Crippen molar-refractivity contribution in [2.75, 3.05) is 7.11 Å². The molecule has 170 valence electrons. The lowest BCUT2D eigenvalue weighted by Crippen LogP contribution is -2.47. The quantitative estimate of drug-likeness (QED) is 0.381. The number of aromatic nitrogens is 1. The lowest BCUT2D eigenvalue weighted by atomic mass is 9.84. The summed E-state index contributed by atoms with van der Waals surface area (Å²) >= 11 is 0. The number of H-pyrrole nitrogens is 1. The van der Waals surface area contributed by atoms with Crippen LogP contribution in [-0.2, 0) is 0 Å². The third-order valence-corrected chi connectivity index (χ3v) is 5.34. The van der Waals surface area contributed by atoms with Gasteiger partial charge in [-0.05, 0) is 43.0 Å². The number of nitrogens with zero attached hydrogens (tertiary/aromatic N) is 1. The molecule has 3 aromatic rings. The maximum atomic E-state index is 14.1. The van der Waals surface area contributed by atoms with E-state index in [0.29, 0.717) is 17.1 Å². The average molecular weight is 450 g/mol. The van der Waals surface area contributed by atoms with Gasteiger partial charge in [0.05, 0.1) is 18.3 Å². The highest BCUT2D eigenvalue weighted by atomic mass is 19.4. The van der Waals surface area contributed by atoms with Gasteiger partial charge in [0.1, 0.15) is 0 Å². The van der Waals surface area contributed by atoms with E-state index < -0.39 is 29.9 Å². The molecular weight excluding hydrogens is 428 g/mol. The normalized spacial score (nSPS) is 15.1. The molecule has 0 amide bonds. The van der Waals surface area contributed by atoms with E-state index in [-0.39, 0.29) is 29.0 Å². The number of halogens is 4. The fraction of sp³-hybridized carbons (Fsp3) is 0.304. The van der Waals surface area contributed by atoms with E-state index in [1.807, 2.05) is 0 Å². The molecule has 0 saturated carbocycles. The van der Waals surface area contributed by atoms with Gasteiger partial charge in [0.2, 0.25) is 5.56 Å². The van der Waals surface area contributed by atoms with Crippen molar-refractivity contribution in [3.63, 3.8) is 0 Å². The number of rotatable bonds is 7. The number of aromatic amines is 1. The molecule has 1 heterocycles. The molecule has 2 N–H and O–H groups in total. The molecule has 0 fully saturated rings. The number of methoxy groups -OCH3 is 1. The number of aliphatic imine (C=N–C) groups is 1. The first-order chi connectivity index (χ1) is 15.1. The van der Waals surface area contributed by atoms with Gasteiger partial charge in [-0.3, -0.25) is 9.79 Å². The molecule has 1 aromatic heterocycles. The monoisotopic (exact) mass is 450 g/mol. The van der Waals surface area contributed by atoms with Gasteiger partial charge < -0.3 is 14.8 Å². The second-order valence-corrected chi connectivity index (χ2v) is 7.41. The first-order valence-electron chi connectivity index (χ1n) is 9.88. The van der Waals surface area contributed by atoms with Gasteiger partial charge in [0.15, 0.2) is 17.2 Å². The van der Waals surface area contributed by atoms with Crippen LogP contribution >= 0.6 is 0 Å². The summed E-state index contributed by atoms with van der Waals surface area (Å²) < 4.78 is 61.0. The summed E-state index contributed by atoms with van der Waals surface area (Å²) in [5.74, 6) is -1.71. The maximum absolute atomic E-state index is 14.1. The number of fused-ring (bicyclic) bond motifs is 1. The Morgan fingerprint density at radius 2 is 1.88 bits per heavy atom. The van der Waals surface area contributed by atoms with Crippen molar-refractivity contribution in [2.24, 2.45) is 4.99 Å². The van der Waals surface area contributed by atoms with Crippen LogP contribution in [0.15, 0.2) is 58.3 Å². The lowest BCUT2D eigenvalue weighted by molar-refractivity contribution is -0.232. The number of hydrogen-bond donors (Lipinski definition) is 2. The number of para-hydroxylation sites is 1. The molecule has 0 aliphatic rings. The maximum Gasteiger partial charge on any atom is 0.422 e. The van der Waals surface area contributed by atoms with Crippen LogP contribution in [0.5, 0.6) is 5.75 Å². The van der Waals surface area contributed by atoms with Crippen molar-refractivity contribution in [1.82, 2.24) is 4.98 Å². The topological polar surface area (TPSA) is 74.7 Å². The van der Waals surface area contributed by atoms with Gasteiger partial charge in [-0.25, -0.2) is 4.39 Å². The number of ether oxygens (including phenoxy) is 1.